The number of benzene rings is 2. The van der Waals surface area contributed by atoms with Gasteiger partial charge in [-0.3, -0.25) is 0 Å². The van der Waals surface area contributed by atoms with Crippen molar-refractivity contribution in [2.75, 3.05) is 0 Å². The third kappa shape index (κ3) is 2.17. The molecule has 0 bridgehead atoms. The maximum Gasteiger partial charge on any atom is 0.337 e. The molecule has 0 aliphatic heterocycles. The molecule has 0 saturated heterocycles. The molecule has 3 nitrogen and oxygen atoms in total. The minimum absolute atomic E-state index is 0.313. The summed E-state index contributed by atoms with van der Waals surface area (Å²) in [6, 6.07) is 15.1. The van der Waals surface area contributed by atoms with Gasteiger partial charge < -0.3 is 9.67 Å². The van der Waals surface area contributed by atoms with Crippen LogP contribution in [0.5, 0.6) is 0 Å². The number of hydrogen-bond acceptors (Lipinski definition) is 1. The first-order valence-corrected chi connectivity index (χ1v) is 6.59. The highest BCUT2D eigenvalue weighted by Gasteiger charge is 2.14. The lowest BCUT2D eigenvalue weighted by atomic mass is 10.2. The van der Waals surface area contributed by atoms with E-state index < -0.39 is 5.97 Å². The Kier molecular flexibility index (Phi) is 3.20. The minimum atomic E-state index is -0.917. The van der Waals surface area contributed by atoms with Crippen LogP contribution in [-0.4, -0.2) is 15.6 Å². The van der Waals surface area contributed by atoms with Crippen molar-refractivity contribution >= 4 is 28.5 Å². The van der Waals surface area contributed by atoms with Gasteiger partial charge in [0.15, 0.2) is 0 Å². The number of aromatic carboxylic acids is 1. The van der Waals surface area contributed by atoms with Crippen LogP contribution in [0.25, 0.3) is 10.9 Å². The summed E-state index contributed by atoms with van der Waals surface area (Å²) in [5.74, 6) is -0.917. The van der Waals surface area contributed by atoms with Crippen molar-refractivity contribution in [3.8, 4) is 0 Å². The van der Waals surface area contributed by atoms with Gasteiger partial charge in [0.05, 0.1) is 5.56 Å². The Morgan fingerprint density at radius 3 is 2.55 bits per heavy atom. The van der Waals surface area contributed by atoms with E-state index in [1.807, 2.05) is 53.1 Å². The fourth-order valence-corrected chi connectivity index (χ4v) is 2.55. The van der Waals surface area contributed by atoms with Crippen LogP contribution >= 0.6 is 11.6 Å². The molecule has 1 heterocycles. The zero-order chi connectivity index (χ0) is 14.1. The average molecular weight is 286 g/mol. The summed E-state index contributed by atoms with van der Waals surface area (Å²) < 4.78 is 1.92. The molecule has 0 spiro atoms. The molecule has 1 N–H and O–H groups in total. The van der Waals surface area contributed by atoms with Crippen LogP contribution in [0.1, 0.15) is 15.9 Å². The second kappa shape index (κ2) is 5.02. The largest absolute Gasteiger partial charge is 0.478 e. The van der Waals surface area contributed by atoms with E-state index in [4.69, 9.17) is 11.6 Å². The van der Waals surface area contributed by atoms with E-state index in [0.717, 1.165) is 16.5 Å². The first kappa shape index (κ1) is 12.8. The number of rotatable bonds is 3. The number of hydrogen-bond donors (Lipinski definition) is 1. The van der Waals surface area contributed by atoms with Gasteiger partial charge in [0.2, 0.25) is 0 Å². The van der Waals surface area contributed by atoms with E-state index >= 15 is 0 Å². The number of carboxylic acid groups (broad SMARTS) is 1. The van der Waals surface area contributed by atoms with Crippen LogP contribution in [0.15, 0.2) is 54.7 Å². The van der Waals surface area contributed by atoms with Crippen molar-refractivity contribution in [3.63, 3.8) is 0 Å². The molecule has 0 amide bonds. The monoisotopic (exact) mass is 285 g/mol. The van der Waals surface area contributed by atoms with Gasteiger partial charge >= 0.3 is 5.97 Å². The molecule has 100 valence electrons. The van der Waals surface area contributed by atoms with Crippen LogP contribution in [0, 0.1) is 0 Å². The van der Waals surface area contributed by atoms with Crippen LogP contribution in [0.3, 0.4) is 0 Å². The zero-order valence-corrected chi connectivity index (χ0v) is 11.3. The van der Waals surface area contributed by atoms with E-state index in [1.165, 1.54) is 0 Å². The summed E-state index contributed by atoms with van der Waals surface area (Å²) in [5.41, 5.74) is 2.17. The van der Waals surface area contributed by atoms with Gasteiger partial charge in [0.25, 0.3) is 0 Å². The molecule has 0 radical (unpaired) electrons. The minimum Gasteiger partial charge on any atom is -0.478 e. The highest BCUT2D eigenvalue weighted by Crippen LogP contribution is 2.24. The van der Waals surface area contributed by atoms with E-state index in [2.05, 4.69) is 0 Å². The Morgan fingerprint density at radius 1 is 1.10 bits per heavy atom. The van der Waals surface area contributed by atoms with Gasteiger partial charge in [-0.1, -0.05) is 48.0 Å². The molecule has 2 aromatic carbocycles. The fraction of sp³-hybridized carbons (Fsp3) is 0.0625. The predicted octanol–water partition coefficient (Wildman–Crippen LogP) is 4.04. The average Bonchev–Trinajstić information content (AvgIpc) is 2.81. The number of fused-ring (bicyclic) bond motifs is 1. The second-order valence-electron chi connectivity index (χ2n) is 4.58. The van der Waals surface area contributed by atoms with Crippen molar-refractivity contribution in [3.05, 3.63) is 70.9 Å². The molecule has 4 heteroatoms. The first-order valence-electron chi connectivity index (χ1n) is 6.21. The molecule has 0 fully saturated rings. The zero-order valence-electron chi connectivity index (χ0n) is 10.6. The van der Waals surface area contributed by atoms with Crippen LogP contribution in [0.2, 0.25) is 5.02 Å². The van der Waals surface area contributed by atoms with E-state index in [1.54, 1.807) is 6.20 Å². The number of carbonyl (C=O) groups is 1. The molecule has 3 rings (SSSR count). The van der Waals surface area contributed by atoms with E-state index in [9.17, 15) is 9.90 Å². The van der Waals surface area contributed by atoms with Gasteiger partial charge in [0, 0.05) is 28.7 Å². The quantitative estimate of drug-likeness (QED) is 0.789. The first-order chi connectivity index (χ1) is 9.66. The number of nitrogens with zero attached hydrogens (tertiary/aromatic N) is 1. The SMILES string of the molecule is O=C(O)c1cn(Cc2ccccc2Cl)c2ccccc12. The third-order valence-electron chi connectivity index (χ3n) is 3.32. The summed E-state index contributed by atoms with van der Waals surface area (Å²) in [7, 11) is 0. The summed E-state index contributed by atoms with van der Waals surface area (Å²) in [6.07, 6.45) is 1.66. The van der Waals surface area contributed by atoms with Gasteiger partial charge in [0.1, 0.15) is 0 Å². The highest BCUT2D eigenvalue weighted by atomic mass is 35.5. The maximum atomic E-state index is 11.3. The molecule has 0 atom stereocenters. The van der Waals surface area contributed by atoms with Crippen molar-refractivity contribution < 1.29 is 9.90 Å². The van der Waals surface area contributed by atoms with Gasteiger partial charge in [-0.05, 0) is 17.7 Å². The van der Waals surface area contributed by atoms with E-state index in [-0.39, 0.29) is 0 Å². The Hall–Kier alpha value is -2.26. The third-order valence-corrected chi connectivity index (χ3v) is 3.69. The molecule has 0 aliphatic rings. The van der Waals surface area contributed by atoms with Gasteiger partial charge in [-0.25, -0.2) is 4.79 Å². The molecular weight excluding hydrogens is 274 g/mol. The molecule has 20 heavy (non-hydrogen) atoms. The molecule has 1 aromatic heterocycles. The van der Waals surface area contributed by atoms with Crippen molar-refractivity contribution in [2.45, 2.75) is 6.54 Å². The van der Waals surface area contributed by atoms with Gasteiger partial charge in [-0.15, -0.1) is 0 Å². The molecule has 0 saturated carbocycles. The summed E-state index contributed by atoms with van der Waals surface area (Å²) >= 11 is 6.17. The lowest BCUT2D eigenvalue weighted by Crippen LogP contribution is -1.99. The number of carboxylic acids is 1. The normalized spacial score (nSPS) is 10.8. The lowest BCUT2D eigenvalue weighted by Gasteiger charge is -2.07. The maximum absolute atomic E-state index is 11.3. The molecule has 0 aliphatic carbocycles. The Morgan fingerprint density at radius 2 is 1.80 bits per heavy atom. The van der Waals surface area contributed by atoms with Crippen molar-refractivity contribution in [1.82, 2.24) is 4.57 Å². The number of halogens is 1. The van der Waals surface area contributed by atoms with Crippen molar-refractivity contribution in [1.29, 1.82) is 0 Å². The van der Waals surface area contributed by atoms with E-state index in [0.29, 0.717) is 17.1 Å². The Bertz CT molecular complexity index is 792. The van der Waals surface area contributed by atoms with Gasteiger partial charge in [-0.2, -0.15) is 0 Å². The fourth-order valence-electron chi connectivity index (χ4n) is 2.36. The number of aromatic nitrogens is 1. The highest BCUT2D eigenvalue weighted by molar-refractivity contribution is 6.31. The summed E-state index contributed by atoms with van der Waals surface area (Å²) in [5, 5.41) is 10.7. The Labute approximate surface area is 121 Å². The molecule has 3 aromatic rings. The summed E-state index contributed by atoms with van der Waals surface area (Å²) in [4.78, 5) is 11.3. The predicted molar refractivity (Wildman–Crippen MR) is 79.5 cm³/mol. The van der Waals surface area contributed by atoms with Crippen LogP contribution < -0.4 is 0 Å². The molecule has 0 unspecified atom stereocenters. The Balaban J connectivity index is 2.13. The smallest absolute Gasteiger partial charge is 0.337 e. The topological polar surface area (TPSA) is 42.2 Å². The number of para-hydroxylation sites is 1. The van der Waals surface area contributed by atoms with Crippen LogP contribution in [-0.2, 0) is 6.54 Å². The second-order valence-corrected chi connectivity index (χ2v) is 4.99. The molecular formula is C16H12ClNO2. The van der Waals surface area contributed by atoms with Crippen molar-refractivity contribution in [2.24, 2.45) is 0 Å². The van der Waals surface area contributed by atoms with Crippen LogP contribution in [0.4, 0.5) is 0 Å². The summed E-state index contributed by atoms with van der Waals surface area (Å²) in [6.45, 7) is 0.549. The standard InChI is InChI=1S/C16H12ClNO2/c17-14-7-3-1-5-11(14)9-18-10-13(16(19)20)12-6-2-4-8-15(12)18/h1-8,10H,9H2,(H,19,20). The lowest BCUT2D eigenvalue weighted by molar-refractivity contribution is 0.0699.